The Kier molecular flexibility index (Phi) is 8.67. The van der Waals surface area contributed by atoms with Gasteiger partial charge >= 0.3 is 5.97 Å². The molecule has 0 saturated carbocycles. The molecule has 1 amide bonds. The van der Waals surface area contributed by atoms with Gasteiger partial charge < -0.3 is 19.3 Å². The fraction of sp³-hybridized carbons (Fsp3) is 0.407. The van der Waals surface area contributed by atoms with Gasteiger partial charge in [0.05, 0.1) is 31.7 Å². The second-order valence-electron chi connectivity index (χ2n) is 8.87. The SMILES string of the molecule is CCCCOC(=O)c1ccc(NC(=O)C2CCCN(Cc3nc(-c4ccc(OC)cc4)no3)C2)cc1. The molecule has 0 aliphatic carbocycles. The second kappa shape index (κ2) is 12.3. The van der Waals surface area contributed by atoms with Crippen molar-refractivity contribution in [3.8, 4) is 17.1 Å². The van der Waals surface area contributed by atoms with Crippen LogP contribution in [0.5, 0.6) is 5.75 Å². The summed E-state index contributed by atoms with van der Waals surface area (Å²) in [7, 11) is 1.62. The van der Waals surface area contributed by atoms with E-state index >= 15 is 0 Å². The Morgan fingerprint density at radius 3 is 2.64 bits per heavy atom. The summed E-state index contributed by atoms with van der Waals surface area (Å²) in [6.07, 6.45) is 3.52. The maximum atomic E-state index is 12.9. The summed E-state index contributed by atoms with van der Waals surface area (Å²) in [5.41, 5.74) is 1.98. The van der Waals surface area contributed by atoms with Gasteiger partial charge in [0.25, 0.3) is 0 Å². The van der Waals surface area contributed by atoms with Crippen molar-refractivity contribution in [2.24, 2.45) is 5.92 Å². The van der Waals surface area contributed by atoms with Crippen LogP contribution < -0.4 is 10.1 Å². The van der Waals surface area contributed by atoms with Gasteiger partial charge in [-0.2, -0.15) is 4.98 Å². The molecule has 1 aliphatic heterocycles. The zero-order valence-corrected chi connectivity index (χ0v) is 20.7. The number of carbonyl (C=O) groups excluding carboxylic acids is 2. The highest BCUT2D eigenvalue weighted by Gasteiger charge is 2.27. The molecule has 1 saturated heterocycles. The van der Waals surface area contributed by atoms with E-state index in [9.17, 15) is 9.59 Å². The third-order valence-electron chi connectivity index (χ3n) is 6.17. The number of rotatable bonds is 10. The fourth-order valence-corrected chi connectivity index (χ4v) is 4.11. The number of anilines is 1. The molecule has 2 heterocycles. The van der Waals surface area contributed by atoms with Gasteiger partial charge in [0.2, 0.25) is 17.6 Å². The summed E-state index contributed by atoms with van der Waals surface area (Å²) < 4.78 is 15.9. The van der Waals surface area contributed by atoms with Gasteiger partial charge in [-0.3, -0.25) is 9.69 Å². The number of unbranched alkanes of at least 4 members (excludes halogenated alkanes) is 1. The Morgan fingerprint density at radius 1 is 1.14 bits per heavy atom. The van der Waals surface area contributed by atoms with Gasteiger partial charge in [-0.25, -0.2) is 4.79 Å². The largest absolute Gasteiger partial charge is 0.497 e. The first kappa shape index (κ1) is 25.4. The van der Waals surface area contributed by atoms with E-state index < -0.39 is 0 Å². The Morgan fingerprint density at radius 2 is 1.92 bits per heavy atom. The number of amides is 1. The highest BCUT2D eigenvalue weighted by molar-refractivity contribution is 5.94. The van der Waals surface area contributed by atoms with Gasteiger partial charge in [0.15, 0.2) is 0 Å². The van der Waals surface area contributed by atoms with E-state index in [1.165, 1.54) is 0 Å². The lowest BCUT2D eigenvalue weighted by molar-refractivity contribution is -0.121. The molecule has 9 nitrogen and oxygen atoms in total. The molecule has 3 aromatic rings. The predicted octanol–water partition coefficient (Wildman–Crippen LogP) is 4.55. The molecule has 2 aromatic carbocycles. The van der Waals surface area contributed by atoms with Crippen LogP contribution in [0.25, 0.3) is 11.4 Å². The number of nitrogens with zero attached hydrogens (tertiary/aromatic N) is 3. The van der Waals surface area contributed by atoms with Crippen molar-refractivity contribution in [2.75, 3.05) is 32.1 Å². The number of esters is 1. The number of methoxy groups -OCH3 is 1. The zero-order valence-electron chi connectivity index (χ0n) is 20.7. The van der Waals surface area contributed by atoms with Crippen molar-refractivity contribution in [2.45, 2.75) is 39.2 Å². The van der Waals surface area contributed by atoms with Gasteiger partial charge in [-0.05, 0) is 74.3 Å². The van der Waals surface area contributed by atoms with E-state index in [2.05, 4.69) is 20.4 Å². The maximum absolute atomic E-state index is 12.9. The van der Waals surface area contributed by atoms with E-state index in [4.69, 9.17) is 14.0 Å². The summed E-state index contributed by atoms with van der Waals surface area (Å²) >= 11 is 0. The number of nitrogens with one attached hydrogen (secondary N) is 1. The van der Waals surface area contributed by atoms with E-state index in [1.807, 2.05) is 31.2 Å². The molecule has 1 aliphatic rings. The number of ether oxygens (including phenoxy) is 2. The van der Waals surface area contributed by atoms with Gasteiger partial charge in [-0.1, -0.05) is 18.5 Å². The Hall–Kier alpha value is -3.72. The summed E-state index contributed by atoms with van der Waals surface area (Å²) in [6.45, 7) is 4.41. The molecular formula is C27H32N4O5. The highest BCUT2D eigenvalue weighted by Crippen LogP contribution is 2.23. The van der Waals surface area contributed by atoms with E-state index in [0.717, 1.165) is 43.5 Å². The number of piperidine rings is 1. The van der Waals surface area contributed by atoms with Gasteiger partial charge in [-0.15, -0.1) is 0 Å². The van der Waals surface area contributed by atoms with Crippen LogP contribution in [0.2, 0.25) is 0 Å². The molecular weight excluding hydrogens is 460 g/mol. The monoisotopic (exact) mass is 492 g/mol. The minimum Gasteiger partial charge on any atom is -0.497 e. The molecule has 9 heteroatoms. The van der Waals surface area contributed by atoms with E-state index in [0.29, 0.717) is 42.7 Å². The van der Waals surface area contributed by atoms with Gasteiger partial charge in [0, 0.05) is 17.8 Å². The standard InChI is InChI=1S/C27H32N4O5/c1-3-4-16-35-27(33)20-7-11-22(12-8-20)28-26(32)21-6-5-15-31(17-21)18-24-29-25(30-36-24)19-9-13-23(34-2)14-10-19/h7-14,21H,3-6,15-18H2,1-2H3,(H,28,32). The molecule has 190 valence electrons. The molecule has 0 bridgehead atoms. The number of benzene rings is 2. The molecule has 0 spiro atoms. The molecule has 0 radical (unpaired) electrons. The number of hydrogen-bond donors (Lipinski definition) is 1. The average molecular weight is 493 g/mol. The third kappa shape index (κ3) is 6.69. The topological polar surface area (TPSA) is 107 Å². The average Bonchev–Trinajstić information content (AvgIpc) is 3.37. The zero-order chi connectivity index (χ0) is 25.3. The van der Waals surface area contributed by atoms with Crippen molar-refractivity contribution in [1.82, 2.24) is 15.0 Å². The number of aromatic nitrogens is 2. The quantitative estimate of drug-likeness (QED) is 0.324. The lowest BCUT2D eigenvalue weighted by Crippen LogP contribution is -2.40. The van der Waals surface area contributed by atoms with Crippen molar-refractivity contribution >= 4 is 17.6 Å². The second-order valence-corrected chi connectivity index (χ2v) is 8.87. The summed E-state index contributed by atoms with van der Waals surface area (Å²) in [5, 5.41) is 7.06. The summed E-state index contributed by atoms with van der Waals surface area (Å²) in [4.78, 5) is 31.6. The fourth-order valence-electron chi connectivity index (χ4n) is 4.11. The first-order valence-corrected chi connectivity index (χ1v) is 12.3. The Balaban J connectivity index is 1.29. The summed E-state index contributed by atoms with van der Waals surface area (Å²) in [6, 6.07) is 14.3. The van der Waals surface area contributed by atoms with Gasteiger partial charge in [0.1, 0.15) is 5.75 Å². The third-order valence-corrected chi connectivity index (χ3v) is 6.17. The lowest BCUT2D eigenvalue weighted by atomic mass is 9.97. The van der Waals surface area contributed by atoms with Crippen LogP contribution in [0.1, 0.15) is 48.9 Å². The van der Waals surface area contributed by atoms with Crippen LogP contribution in [-0.4, -0.2) is 53.7 Å². The Labute approximate surface area is 210 Å². The first-order chi connectivity index (χ1) is 17.6. The van der Waals surface area contributed by atoms with Crippen molar-refractivity contribution in [3.05, 3.63) is 60.0 Å². The molecule has 1 N–H and O–H groups in total. The molecule has 1 atom stereocenters. The minimum absolute atomic E-state index is 0.0394. The van der Waals surface area contributed by atoms with Crippen LogP contribution in [0.3, 0.4) is 0 Å². The van der Waals surface area contributed by atoms with Crippen LogP contribution in [-0.2, 0) is 16.1 Å². The smallest absolute Gasteiger partial charge is 0.338 e. The number of likely N-dealkylation sites (tertiary alicyclic amines) is 1. The van der Waals surface area contributed by atoms with E-state index in [1.54, 1.807) is 31.4 Å². The van der Waals surface area contributed by atoms with Crippen LogP contribution in [0.4, 0.5) is 5.69 Å². The molecule has 1 fully saturated rings. The molecule has 4 rings (SSSR count). The maximum Gasteiger partial charge on any atom is 0.338 e. The summed E-state index contributed by atoms with van der Waals surface area (Å²) in [5.74, 6) is 1.27. The normalized spacial score (nSPS) is 15.9. The molecule has 36 heavy (non-hydrogen) atoms. The van der Waals surface area contributed by atoms with Crippen molar-refractivity contribution in [3.63, 3.8) is 0 Å². The number of carbonyl (C=O) groups is 2. The number of hydrogen-bond acceptors (Lipinski definition) is 8. The van der Waals surface area contributed by atoms with Crippen LogP contribution in [0.15, 0.2) is 53.1 Å². The highest BCUT2D eigenvalue weighted by atomic mass is 16.5. The van der Waals surface area contributed by atoms with Crippen LogP contribution in [0, 0.1) is 5.92 Å². The molecule has 1 aromatic heterocycles. The lowest BCUT2D eigenvalue weighted by Gasteiger charge is -2.30. The van der Waals surface area contributed by atoms with Crippen LogP contribution >= 0.6 is 0 Å². The van der Waals surface area contributed by atoms with E-state index in [-0.39, 0.29) is 17.8 Å². The van der Waals surface area contributed by atoms with Crippen molar-refractivity contribution in [1.29, 1.82) is 0 Å². The Bertz CT molecular complexity index is 1140. The minimum atomic E-state index is -0.347. The molecule has 1 unspecified atom stereocenters. The predicted molar refractivity (Wildman–Crippen MR) is 135 cm³/mol. The van der Waals surface area contributed by atoms with Crippen molar-refractivity contribution < 1.29 is 23.6 Å². The first-order valence-electron chi connectivity index (χ1n) is 12.3.